The number of halogens is 1. The molecule has 0 unspecified atom stereocenters. The Balaban J connectivity index is 1.36. The molecule has 2 aromatic rings. The molecule has 1 saturated heterocycles. The third kappa shape index (κ3) is 4.35. The summed E-state index contributed by atoms with van der Waals surface area (Å²) < 4.78 is 19.7. The summed E-state index contributed by atoms with van der Waals surface area (Å²) in [7, 11) is 0. The zero-order valence-electron chi connectivity index (χ0n) is 17.6. The van der Waals surface area contributed by atoms with Crippen molar-refractivity contribution in [2.75, 3.05) is 30.3 Å². The van der Waals surface area contributed by atoms with Gasteiger partial charge in [-0.2, -0.15) is 0 Å². The van der Waals surface area contributed by atoms with Gasteiger partial charge >= 0.3 is 6.09 Å². The molecule has 2 aliphatic rings. The van der Waals surface area contributed by atoms with E-state index in [1.807, 2.05) is 37.1 Å². The van der Waals surface area contributed by atoms with Crippen molar-refractivity contribution in [3.63, 3.8) is 0 Å². The maximum Gasteiger partial charge on any atom is 0.410 e. The van der Waals surface area contributed by atoms with Crippen molar-refractivity contribution >= 4 is 17.5 Å². The molecule has 30 heavy (non-hydrogen) atoms. The zero-order chi connectivity index (χ0) is 21.3. The predicted octanol–water partition coefficient (Wildman–Crippen LogP) is 4.09. The molecular weight excluding hydrogens is 383 g/mol. The van der Waals surface area contributed by atoms with E-state index >= 15 is 0 Å². The molecule has 0 saturated carbocycles. The molecule has 0 atom stereocenters. The lowest BCUT2D eigenvalue weighted by atomic mass is 9.90. The monoisotopic (exact) mass is 412 g/mol. The Bertz CT molecular complexity index is 908. The van der Waals surface area contributed by atoms with Crippen molar-refractivity contribution in [3.8, 4) is 0 Å². The van der Waals surface area contributed by atoms with Crippen LogP contribution in [-0.2, 0) is 17.7 Å². The summed E-state index contributed by atoms with van der Waals surface area (Å²) in [5.74, 6) is 0.129. The number of anilines is 2. The van der Waals surface area contributed by atoms with Crippen molar-refractivity contribution in [2.24, 2.45) is 0 Å². The number of hydrogen-bond donors (Lipinski definition) is 1. The van der Waals surface area contributed by atoms with Crippen LogP contribution in [-0.4, -0.2) is 41.7 Å². The molecule has 2 N–H and O–H groups in total. The molecule has 7 heteroatoms. The Kier molecular flexibility index (Phi) is 5.79. The number of rotatable bonds is 4. The first-order chi connectivity index (χ1) is 14.4. The number of nitrogen functional groups attached to an aromatic ring is 1. The normalized spacial score (nSPS) is 16.8. The molecule has 1 amide bonds. The minimum Gasteiger partial charge on any atom is -0.447 e. The first-order valence-electron chi connectivity index (χ1n) is 10.6. The lowest BCUT2D eigenvalue weighted by Gasteiger charge is -2.32. The number of nitrogens with zero attached hydrogens (tertiary/aromatic N) is 3. The van der Waals surface area contributed by atoms with Crippen molar-refractivity contribution in [2.45, 2.75) is 51.7 Å². The van der Waals surface area contributed by atoms with Gasteiger partial charge in [0.15, 0.2) is 0 Å². The Hall–Kier alpha value is -2.83. The second-order valence-electron chi connectivity index (χ2n) is 8.46. The number of likely N-dealkylation sites (tertiary alicyclic amines) is 1. The lowest BCUT2D eigenvalue weighted by molar-refractivity contribution is 0.0692. The fourth-order valence-electron chi connectivity index (χ4n) is 4.39. The molecule has 160 valence electrons. The topological polar surface area (TPSA) is 71.7 Å². The highest BCUT2D eigenvalue weighted by Gasteiger charge is 2.26. The summed E-state index contributed by atoms with van der Waals surface area (Å²) in [6.07, 6.45) is 4.21. The van der Waals surface area contributed by atoms with Gasteiger partial charge in [-0.15, -0.1) is 0 Å². The summed E-state index contributed by atoms with van der Waals surface area (Å²) in [6.45, 7) is 6.47. The fraction of sp³-hybridized carbons (Fsp3) is 0.478. The number of amides is 1. The van der Waals surface area contributed by atoms with Crippen LogP contribution in [0.15, 0.2) is 30.5 Å². The second kappa shape index (κ2) is 8.50. The van der Waals surface area contributed by atoms with Gasteiger partial charge in [-0.25, -0.2) is 9.18 Å². The molecule has 0 aliphatic carbocycles. The number of nitrogens with two attached hydrogens (primary N) is 1. The highest BCUT2D eigenvalue weighted by molar-refractivity contribution is 5.68. The Morgan fingerprint density at radius 1 is 1.27 bits per heavy atom. The van der Waals surface area contributed by atoms with E-state index < -0.39 is 0 Å². The number of pyridine rings is 1. The van der Waals surface area contributed by atoms with Crippen LogP contribution < -0.4 is 10.6 Å². The van der Waals surface area contributed by atoms with E-state index in [1.54, 1.807) is 4.90 Å². The molecule has 1 aromatic heterocycles. The van der Waals surface area contributed by atoms with Crippen LogP contribution in [0.25, 0.3) is 0 Å². The molecule has 1 fully saturated rings. The maximum atomic E-state index is 14.4. The van der Waals surface area contributed by atoms with Crippen molar-refractivity contribution in [1.29, 1.82) is 0 Å². The highest BCUT2D eigenvalue weighted by atomic mass is 19.1. The van der Waals surface area contributed by atoms with Crippen LogP contribution in [0.4, 0.5) is 20.6 Å². The summed E-state index contributed by atoms with van der Waals surface area (Å²) in [6, 6.07) is 7.39. The van der Waals surface area contributed by atoms with Gasteiger partial charge in [-0.1, -0.05) is 6.07 Å². The molecule has 4 rings (SSSR count). The van der Waals surface area contributed by atoms with E-state index in [2.05, 4.69) is 11.1 Å². The minimum atomic E-state index is -0.262. The third-order valence-electron chi connectivity index (χ3n) is 5.89. The third-order valence-corrected chi connectivity index (χ3v) is 5.89. The number of ether oxygens (including phenoxy) is 1. The molecule has 0 bridgehead atoms. The van der Waals surface area contributed by atoms with Crippen LogP contribution in [0.3, 0.4) is 0 Å². The van der Waals surface area contributed by atoms with E-state index in [0.717, 1.165) is 37.1 Å². The zero-order valence-corrected chi connectivity index (χ0v) is 17.6. The molecule has 2 aliphatic heterocycles. The largest absolute Gasteiger partial charge is 0.447 e. The molecular formula is C23H29FN4O2. The van der Waals surface area contributed by atoms with E-state index in [-0.39, 0.29) is 18.0 Å². The fourth-order valence-corrected chi connectivity index (χ4v) is 4.39. The van der Waals surface area contributed by atoms with Crippen LogP contribution in [0.1, 0.15) is 49.4 Å². The SMILES string of the molecule is CC(C)OC(=O)N1CCC(c2ccc(CN3CCc4cc(N)cc(F)c43)nc2)CC1. The summed E-state index contributed by atoms with van der Waals surface area (Å²) in [4.78, 5) is 20.5. The van der Waals surface area contributed by atoms with Crippen LogP contribution in [0.5, 0.6) is 0 Å². The smallest absolute Gasteiger partial charge is 0.410 e. The van der Waals surface area contributed by atoms with Gasteiger partial charge in [0.25, 0.3) is 0 Å². The van der Waals surface area contributed by atoms with Gasteiger partial charge < -0.3 is 20.3 Å². The quantitative estimate of drug-likeness (QED) is 0.766. The summed E-state index contributed by atoms with van der Waals surface area (Å²) >= 11 is 0. The standard InChI is InChI=1S/C23H29FN4O2/c1-15(2)30-23(29)27-8-5-16(6-9-27)18-3-4-20(26-13-18)14-28-10-7-17-11-19(25)12-21(24)22(17)28/h3-4,11-13,15-16H,5-10,14,25H2,1-2H3. The van der Waals surface area contributed by atoms with Crippen molar-refractivity contribution < 1.29 is 13.9 Å². The number of hydrogen-bond acceptors (Lipinski definition) is 5. The number of piperidine rings is 1. The maximum absolute atomic E-state index is 14.4. The Labute approximate surface area is 176 Å². The first kappa shape index (κ1) is 20.4. The molecule has 1 aromatic carbocycles. The molecule has 0 spiro atoms. The average Bonchev–Trinajstić information content (AvgIpc) is 3.11. The summed E-state index contributed by atoms with van der Waals surface area (Å²) in [5.41, 5.74) is 9.96. The second-order valence-corrected chi connectivity index (χ2v) is 8.46. The average molecular weight is 413 g/mol. The Morgan fingerprint density at radius 3 is 2.70 bits per heavy atom. The van der Waals surface area contributed by atoms with E-state index in [9.17, 15) is 9.18 Å². The van der Waals surface area contributed by atoms with Gasteiger partial charge in [0, 0.05) is 31.5 Å². The van der Waals surface area contributed by atoms with Crippen molar-refractivity contribution in [1.82, 2.24) is 9.88 Å². The van der Waals surface area contributed by atoms with Gasteiger partial charge in [-0.3, -0.25) is 4.98 Å². The number of aromatic nitrogens is 1. The number of carbonyl (C=O) groups is 1. The van der Waals surface area contributed by atoms with E-state index in [0.29, 0.717) is 36.9 Å². The predicted molar refractivity (Wildman–Crippen MR) is 115 cm³/mol. The van der Waals surface area contributed by atoms with Crippen molar-refractivity contribution in [3.05, 3.63) is 53.1 Å². The van der Waals surface area contributed by atoms with Crippen LogP contribution >= 0.6 is 0 Å². The van der Waals surface area contributed by atoms with Crippen LogP contribution in [0.2, 0.25) is 0 Å². The number of benzene rings is 1. The minimum absolute atomic E-state index is 0.0969. The van der Waals surface area contributed by atoms with Crippen LogP contribution in [0, 0.1) is 5.82 Å². The van der Waals surface area contributed by atoms with E-state index in [4.69, 9.17) is 10.5 Å². The molecule has 0 radical (unpaired) electrons. The molecule has 3 heterocycles. The van der Waals surface area contributed by atoms with E-state index in [1.165, 1.54) is 11.6 Å². The molecule has 6 nitrogen and oxygen atoms in total. The number of fused-ring (bicyclic) bond motifs is 1. The van der Waals surface area contributed by atoms with Gasteiger partial charge in [0.2, 0.25) is 0 Å². The van der Waals surface area contributed by atoms with Gasteiger partial charge in [0.1, 0.15) is 5.82 Å². The Morgan fingerprint density at radius 2 is 2.03 bits per heavy atom. The number of carbonyl (C=O) groups excluding carboxylic acids is 1. The van der Waals surface area contributed by atoms with Gasteiger partial charge in [0.05, 0.1) is 24.0 Å². The lowest BCUT2D eigenvalue weighted by Crippen LogP contribution is -2.39. The first-order valence-corrected chi connectivity index (χ1v) is 10.6. The van der Waals surface area contributed by atoms with Gasteiger partial charge in [-0.05, 0) is 68.4 Å². The highest BCUT2D eigenvalue weighted by Crippen LogP contribution is 2.34. The summed E-state index contributed by atoms with van der Waals surface area (Å²) in [5, 5.41) is 0.